The van der Waals surface area contributed by atoms with Crippen molar-refractivity contribution in [1.82, 2.24) is 10.3 Å². The number of nitrogens with one attached hydrogen (secondary N) is 2. The van der Waals surface area contributed by atoms with E-state index in [1.54, 1.807) is 6.20 Å². The minimum Gasteiger partial charge on any atom is -0.316 e. The average molecular weight is 247 g/mol. The zero-order chi connectivity index (χ0) is 13.2. The van der Waals surface area contributed by atoms with Crippen molar-refractivity contribution < 1.29 is 4.79 Å². The third-order valence-electron chi connectivity index (χ3n) is 3.90. The highest BCUT2D eigenvalue weighted by Gasteiger charge is 2.43. The molecule has 0 saturated carbocycles. The second-order valence-corrected chi connectivity index (χ2v) is 5.41. The molecule has 1 unspecified atom stereocenters. The lowest BCUT2D eigenvalue weighted by Gasteiger charge is -2.30. The molecular formula is C14H21N3O. The van der Waals surface area contributed by atoms with Gasteiger partial charge < -0.3 is 10.6 Å². The third-order valence-corrected chi connectivity index (χ3v) is 3.90. The van der Waals surface area contributed by atoms with Crippen molar-refractivity contribution in [2.75, 3.05) is 18.4 Å². The number of amides is 1. The van der Waals surface area contributed by atoms with Gasteiger partial charge in [0, 0.05) is 12.7 Å². The number of hydrogen-bond acceptors (Lipinski definition) is 3. The summed E-state index contributed by atoms with van der Waals surface area (Å²) in [6.07, 6.45) is 2.66. The lowest BCUT2D eigenvalue weighted by molar-refractivity contribution is -0.126. The second kappa shape index (κ2) is 5.06. The van der Waals surface area contributed by atoms with Crippen LogP contribution in [-0.2, 0) is 4.79 Å². The molecule has 1 aliphatic heterocycles. The Kier molecular flexibility index (Phi) is 3.66. The molecule has 0 bridgehead atoms. The molecule has 18 heavy (non-hydrogen) atoms. The molecule has 2 N–H and O–H groups in total. The van der Waals surface area contributed by atoms with Crippen LogP contribution in [0.1, 0.15) is 25.8 Å². The quantitative estimate of drug-likeness (QED) is 0.858. The van der Waals surface area contributed by atoms with Gasteiger partial charge in [-0.2, -0.15) is 0 Å². The Morgan fingerprint density at radius 1 is 1.50 bits per heavy atom. The van der Waals surface area contributed by atoms with E-state index in [1.807, 2.05) is 19.1 Å². The Morgan fingerprint density at radius 3 is 2.78 bits per heavy atom. The molecule has 2 rings (SSSR count). The third kappa shape index (κ3) is 2.38. The first-order chi connectivity index (χ1) is 8.54. The summed E-state index contributed by atoms with van der Waals surface area (Å²) in [6.45, 7) is 7.86. The van der Waals surface area contributed by atoms with Crippen LogP contribution >= 0.6 is 0 Å². The number of pyridine rings is 1. The van der Waals surface area contributed by atoms with E-state index >= 15 is 0 Å². The zero-order valence-electron chi connectivity index (χ0n) is 11.3. The van der Waals surface area contributed by atoms with Gasteiger partial charge in [-0.1, -0.05) is 19.9 Å². The predicted molar refractivity (Wildman–Crippen MR) is 72.4 cm³/mol. The van der Waals surface area contributed by atoms with Gasteiger partial charge in [0.15, 0.2) is 0 Å². The molecule has 1 aliphatic rings. The smallest absolute Gasteiger partial charge is 0.233 e. The molecule has 98 valence electrons. The summed E-state index contributed by atoms with van der Waals surface area (Å²) >= 11 is 0. The summed E-state index contributed by atoms with van der Waals surface area (Å²) in [5, 5.41) is 6.23. The molecule has 0 aromatic carbocycles. The average Bonchev–Trinajstić information content (AvgIpc) is 2.82. The van der Waals surface area contributed by atoms with E-state index in [2.05, 4.69) is 29.5 Å². The number of hydrogen-bond donors (Lipinski definition) is 2. The van der Waals surface area contributed by atoms with Crippen LogP contribution in [0.5, 0.6) is 0 Å². The van der Waals surface area contributed by atoms with Crippen molar-refractivity contribution in [2.45, 2.75) is 27.2 Å². The molecule has 1 saturated heterocycles. The fourth-order valence-electron chi connectivity index (χ4n) is 2.44. The Bertz CT molecular complexity index is 419. The predicted octanol–water partition coefficient (Wildman–Crippen LogP) is 1.96. The van der Waals surface area contributed by atoms with Crippen LogP contribution in [0.2, 0.25) is 0 Å². The van der Waals surface area contributed by atoms with Crippen LogP contribution < -0.4 is 10.6 Å². The second-order valence-electron chi connectivity index (χ2n) is 5.41. The monoisotopic (exact) mass is 247 g/mol. The van der Waals surface area contributed by atoms with E-state index < -0.39 is 0 Å². The van der Waals surface area contributed by atoms with Crippen molar-refractivity contribution in [1.29, 1.82) is 0 Å². The molecular weight excluding hydrogens is 226 g/mol. The van der Waals surface area contributed by atoms with E-state index in [9.17, 15) is 4.79 Å². The molecule has 4 heteroatoms. The van der Waals surface area contributed by atoms with Gasteiger partial charge in [-0.3, -0.25) is 4.79 Å². The molecule has 4 nitrogen and oxygen atoms in total. The van der Waals surface area contributed by atoms with E-state index in [1.165, 1.54) is 0 Å². The normalized spacial score (nSPS) is 23.3. The molecule has 0 radical (unpaired) electrons. The van der Waals surface area contributed by atoms with Crippen LogP contribution in [-0.4, -0.2) is 24.0 Å². The van der Waals surface area contributed by atoms with Crippen molar-refractivity contribution in [3.05, 3.63) is 23.9 Å². The molecule has 1 atom stereocenters. The lowest BCUT2D eigenvalue weighted by atomic mass is 9.75. The highest BCUT2D eigenvalue weighted by Crippen LogP contribution is 2.35. The Balaban J connectivity index is 2.13. The van der Waals surface area contributed by atoms with Gasteiger partial charge in [0.05, 0.1) is 5.41 Å². The molecule has 1 aromatic rings. The van der Waals surface area contributed by atoms with Gasteiger partial charge in [0.2, 0.25) is 5.91 Å². The molecule has 0 spiro atoms. The van der Waals surface area contributed by atoms with Gasteiger partial charge in [0.25, 0.3) is 0 Å². The van der Waals surface area contributed by atoms with E-state index in [0.29, 0.717) is 11.7 Å². The van der Waals surface area contributed by atoms with E-state index in [4.69, 9.17) is 0 Å². The van der Waals surface area contributed by atoms with Crippen LogP contribution in [0.4, 0.5) is 5.82 Å². The molecule has 1 aromatic heterocycles. The summed E-state index contributed by atoms with van der Waals surface area (Å²) in [4.78, 5) is 16.7. The number of anilines is 1. The fourth-order valence-corrected chi connectivity index (χ4v) is 2.44. The topological polar surface area (TPSA) is 54.0 Å². The van der Waals surface area contributed by atoms with E-state index in [-0.39, 0.29) is 11.3 Å². The van der Waals surface area contributed by atoms with Crippen LogP contribution in [0, 0.1) is 18.3 Å². The van der Waals surface area contributed by atoms with Crippen LogP contribution in [0.15, 0.2) is 18.3 Å². The molecule has 2 heterocycles. The minimum absolute atomic E-state index is 0.0823. The first-order valence-corrected chi connectivity index (χ1v) is 6.49. The number of aryl methyl sites for hydroxylation is 1. The summed E-state index contributed by atoms with van der Waals surface area (Å²) in [5.41, 5.74) is 0.793. The standard InChI is InChI=1S/C14H21N3O/c1-10(2)14(6-7-15-9-14)13(18)17-12-5-4-11(3)8-16-12/h4-5,8,10,15H,6-7,9H2,1-3H3,(H,16,17,18). The number of nitrogens with zero attached hydrogens (tertiary/aromatic N) is 1. The molecule has 1 amide bonds. The maximum atomic E-state index is 12.5. The Hall–Kier alpha value is -1.42. The number of carbonyl (C=O) groups excluding carboxylic acids is 1. The van der Waals surface area contributed by atoms with Gasteiger partial charge in [-0.15, -0.1) is 0 Å². The maximum Gasteiger partial charge on any atom is 0.233 e. The number of rotatable bonds is 3. The number of carbonyl (C=O) groups is 1. The summed E-state index contributed by atoms with van der Waals surface area (Å²) in [5.74, 6) is 1.04. The molecule has 0 aliphatic carbocycles. The lowest BCUT2D eigenvalue weighted by Crippen LogP contribution is -2.42. The minimum atomic E-state index is -0.299. The van der Waals surface area contributed by atoms with Crippen molar-refractivity contribution in [3.8, 4) is 0 Å². The maximum absolute atomic E-state index is 12.5. The van der Waals surface area contributed by atoms with Crippen LogP contribution in [0.3, 0.4) is 0 Å². The van der Waals surface area contributed by atoms with Crippen molar-refractivity contribution in [3.63, 3.8) is 0 Å². The number of aromatic nitrogens is 1. The Labute approximate surface area is 108 Å². The van der Waals surface area contributed by atoms with Gasteiger partial charge >= 0.3 is 0 Å². The van der Waals surface area contributed by atoms with Crippen molar-refractivity contribution >= 4 is 11.7 Å². The summed E-state index contributed by atoms with van der Waals surface area (Å²) in [7, 11) is 0. The van der Waals surface area contributed by atoms with Gasteiger partial charge in [-0.05, 0) is 37.4 Å². The first kappa shape index (κ1) is 13.0. The summed E-state index contributed by atoms with van der Waals surface area (Å²) < 4.78 is 0. The van der Waals surface area contributed by atoms with Gasteiger partial charge in [-0.25, -0.2) is 4.98 Å². The highest BCUT2D eigenvalue weighted by molar-refractivity contribution is 5.95. The SMILES string of the molecule is Cc1ccc(NC(=O)C2(C(C)C)CCNC2)nc1. The van der Waals surface area contributed by atoms with Crippen LogP contribution in [0.25, 0.3) is 0 Å². The zero-order valence-corrected chi connectivity index (χ0v) is 11.3. The largest absolute Gasteiger partial charge is 0.316 e. The van der Waals surface area contributed by atoms with E-state index in [0.717, 1.165) is 25.1 Å². The Morgan fingerprint density at radius 2 is 2.28 bits per heavy atom. The first-order valence-electron chi connectivity index (χ1n) is 6.49. The molecule has 1 fully saturated rings. The van der Waals surface area contributed by atoms with Crippen molar-refractivity contribution in [2.24, 2.45) is 11.3 Å². The van der Waals surface area contributed by atoms with Gasteiger partial charge in [0.1, 0.15) is 5.82 Å². The fraction of sp³-hybridized carbons (Fsp3) is 0.571. The summed E-state index contributed by atoms with van der Waals surface area (Å²) in [6, 6.07) is 3.81. The highest BCUT2D eigenvalue weighted by atomic mass is 16.2.